The van der Waals surface area contributed by atoms with E-state index in [0.29, 0.717) is 10.6 Å². The Balaban J connectivity index is 2.43. The quantitative estimate of drug-likeness (QED) is 0.871. The molecule has 106 valence electrons. The highest BCUT2D eigenvalue weighted by Gasteiger charge is 2.18. The summed E-state index contributed by atoms with van der Waals surface area (Å²) in [4.78, 5) is -0.189. The molecule has 0 spiro atoms. The van der Waals surface area contributed by atoms with Gasteiger partial charge in [-0.25, -0.2) is 12.8 Å². The first-order valence-electron chi connectivity index (χ1n) is 5.51. The maximum Gasteiger partial charge on any atom is 0.182 e. The summed E-state index contributed by atoms with van der Waals surface area (Å²) in [5.41, 5.74) is 5.84. The van der Waals surface area contributed by atoms with Gasteiger partial charge < -0.3 is 5.73 Å². The van der Waals surface area contributed by atoms with Gasteiger partial charge in [0.05, 0.1) is 10.6 Å². The monoisotopic (exact) mass is 333 g/mol. The van der Waals surface area contributed by atoms with E-state index in [9.17, 15) is 12.8 Å². The van der Waals surface area contributed by atoms with Crippen LogP contribution in [0.4, 0.5) is 10.1 Å². The summed E-state index contributed by atoms with van der Waals surface area (Å²) in [5, 5.41) is 0.653. The first kappa shape index (κ1) is 15.1. The van der Waals surface area contributed by atoms with Gasteiger partial charge in [0.2, 0.25) is 0 Å². The molecule has 0 aliphatic carbocycles. The van der Waals surface area contributed by atoms with Gasteiger partial charge in [0, 0.05) is 15.7 Å². The van der Waals surface area contributed by atoms with Crippen LogP contribution in [0, 0.1) is 5.82 Å². The van der Waals surface area contributed by atoms with E-state index in [4.69, 9.17) is 28.9 Å². The van der Waals surface area contributed by atoms with Crippen molar-refractivity contribution in [1.29, 1.82) is 0 Å². The van der Waals surface area contributed by atoms with Gasteiger partial charge in [0.1, 0.15) is 5.82 Å². The molecular weight excluding hydrogens is 324 g/mol. The Labute approximate surface area is 126 Å². The second-order valence-corrected chi connectivity index (χ2v) is 7.05. The third kappa shape index (κ3) is 3.42. The van der Waals surface area contributed by atoms with Crippen LogP contribution in [0.3, 0.4) is 0 Å². The van der Waals surface area contributed by atoms with Crippen molar-refractivity contribution in [2.45, 2.75) is 10.6 Å². The van der Waals surface area contributed by atoms with Gasteiger partial charge >= 0.3 is 0 Å². The highest BCUT2D eigenvalue weighted by atomic mass is 35.5. The third-order valence-electron chi connectivity index (χ3n) is 2.61. The number of nitrogen functional groups attached to an aromatic ring is 1. The maximum absolute atomic E-state index is 13.2. The molecule has 0 fully saturated rings. The Morgan fingerprint density at radius 3 is 2.45 bits per heavy atom. The summed E-state index contributed by atoms with van der Waals surface area (Å²) in [6.45, 7) is 0. The molecule has 0 aliphatic rings. The number of anilines is 1. The smallest absolute Gasteiger partial charge is 0.182 e. The number of hydrogen-bond acceptors (Lipinski definition) is 3. The number of sulfone groups is 1. The highest BCUT2D eigenvalue weighted by Crippen LogP contribution is 2.26. The van der Waals surface area contributed by atoms with E-state index in [-0.39, 0.29) is 21.4 Å². The summed E-state index contributed by atoms with van der Waals surface area (Å²) in [7, 11) is -3.76. The zero-order chi connectivity index (χ0) is 14.9. The lowest BCUT2D eigenvalue weighted by Crippen LogP contribution is -2.06. The fourth-order valence-electron chi connectivity index (χ4n) is 1.71. The van der Waals surface area contributed by atoms with Crippen LogP contribution in [-0.2, 0) is 15.6 Å². The molecule has 0 amide bonds. The predicted molar refractivity (Wildman–Crippen MR) is 78.2 cm³/mol. The van der Waals surface area contributed by atoms with Crippen molar-refractivity contribution >= 4 is 38.7 Å². The molecule has 0 aromatic heterocycles. The molecule has 0 heterocycles. The molecule has 0 aliphatic heterocycles. The van der Waals surface area contributed by atoms with Crippen molar-refractivity contribution < 1.29 is 12.8 Å². The summed E-state index contributed by atoms with van der Waals surface area (Å²) in [5.74, 6) is -1.09. The fraction of sp³-hybridized carbons (Fsp3) is 0.0769. The molecule has 2 N–H and O–H groups in total. The summed E-state index contributed by atoms with van der Waals surface area (Å²) in [6, 6.07) is 7.70. The first-order chi connectivity index (χ1) is 9.28. The van der Waals surface area contributed by atoms with Crippen LogP contribution in [0.2, 0.25) is 10.0 Å². The Morgan fingerprint density at radius 1 is 1.10 bits per heavy atom. The average molecular weight is 334 g/mol. The minimum Gasteiger partial charge on any atom is -0.399 e. The Hall–Kier alpha value is -1.30. The van der Waals surface area contributed by atoms with Crippen molar-refractivity contribution in [1.82, 2.24) is 0 Å². The van der Waals surface area contributed by atoms with Crippen LogP contribution in [0.25, 0.3) is 0 Å². The number of halogens is 3. The second kappa shape index (κ2) is 5.60. The second-order valence-electron chi connectivity index (χ2n) is 4.22. The molecule has 0 unspecified atom stereocenters. The van der Waals surface area contributed by atoms with E-state index in [0.717, 1.165) is 12.1 Å². The molecule has 0 bridgehead atoms. The van der Waals surface area contributed by atoms with Gasteiger partial charge in [-0.2, -0.15) is 0 Å². The van der Waals surface area contributed by atoms with Gasteiger partial charge in [0.15, 0.2) is 9.84 Å². The lowest BCUT2D eigenvalue weighted by molar-refractivity contribution is 0.590. The Kier molecular flexibility index (Phi) is 4.22. The number of hydrogen-bond donors (Lipinski definition) is 1. The van der Waals surface area contributed by atoms with Gasteiger partial charge in [-0.3, -0.25) is 0 Å². The van der Waals surface area contributed by atoms with Crippen LogP contribution >= 0.6 is 23.2 Å². The van der Waals surface area contributed by atoms with Crippen molar-refractivity contribution in [2.75, 3.05) is 5.73 Å². The molecule has 0 radical (unpaired) electrons. The zero-order valence-electron chi connectivity index (χ0n) is 10.1. The van der Waals surface area contributed by atoms with Crippen LogP contribution < -0.4 is 5.73 Å². The van der Waals surface area contributed by atoms with E-state index in [1.54, 1.807) is 6.07 Å². The molecule has 7 heteroatoms. The number of benzene rings is 2. The van der Waals surface area contributed by atoms with Crippen LogP contribution in [0.15, 0.2) is 41.3 Å². The minimum absolute atomic E-state index is 0.0424. The van der Waals surface area contributed by atoms with Crippen molar-refractivity contribution in [3.05, 3.63) is 57.8 Å². The maximum atomic E-state index is 13.2. The lowest BCUT2D eigenvalue weighted by Gasteiger charge is -2.08. The average Bonchev–Trinajstić information content (AvgIpc) is 2.32. The van der Waals surface area contributed by atoms with E-state index in [1.165, 1.54) is 18.2 Å². The fourth-order valence-corrected chi connectivity index (χ4v) is 3.59. The van der Waals surface area contributed by atoms with E-state index in [2.05, 4.69) is 0 Å². The molecular formula is C13H10Cl2FNO2S. The Morgan fingerprint density at radius 2 is 1.80 bits per heavy atom. The lowest BCUT2D eigenvalue weighted by atomic mass is 10.2. The summed E-state index contributed by atoms with van der Waals surface area (Å²) >= 11 is 11.7. The first-order valence-corrected chi connectivity index (χ1v) is 7.91. The molecule has 3 nitrogen and oxygen atoms in total. The van der Waals surface area contributed by atoms with Crippen molar-refractivity contribution in [3.63, 3.8) is 0 Å². The minimum atomic E-state index is -3.76. The SMILES string of the molecule is Nc1cc(F)cc(S(=O)(=O)Cc2cc(Cl)ccc2Cl)c1. The van der Waals surface area contributed by atoms with Gasteiger partial charge in [-0.05, 0) is 42.0 Å². The normalized spacial score (nSPS) is 11.6. The predicted octanol–water partition coefficient (Wildman–Crippen LogP) is 3.69. The zero-order valence-corrected chi connectivity index (χ0v) is 12.4. The Bertz CT molecular complexity index is 743. The highest BCUT2D eigenvalue weighted by molar-refractivity contribution is 7.90. The van der Waals surface area contributed by atoms with Gasteiger partial charge in [-0.1, -0.05) is 23.2 Å². The van der Waals surface area contributed by atoms with E-state index in [1.807, 2.05) is 0 Å². The summed E-state index contributed by atoms with van der Waals surface area (Å²) < 4.78 is 37.7. The van der Waals surface area contributed by atoms with Gasteiger partial charge in [0.25, 0.3) is 0 Å². The molecule has 0 atom stereocenters. The summed E-state index contributed by atoms with van der Waals surface area (Å²) in [6.07, 6.45) is 0. The van der Waals surface area contributed by atoms with Crippen molar-refractivity contribution in [2.24, 2.45) is 0 Å². The van der Waals surface area contributed by atoms with Gasteiger partial charge in [-0.15, -0.1) is 0 Å². The molecule has 0 saturated carbocycles. The third-order valence-corrected chi connectivity index (χ3v) is 4.85. The molecule has 0 saturated heterocycles. The van der Waals surface area contributed by atoms with Crippen LogP contribution in [-0.4, -0.2) is 8.42 Å². The van der Waals surface area contributed by atoms with E-state index < -0.39 is 15.7 Å². The molecule has 2 rings (SSSR count). The van der Waals surface area contributed by atoms with E-state index >= 15 is 0 Å². The van der Waals surface area contributed by atoms with Crippen LogP contribution in [0.5, 0.6) is 0 Å². The largest absolute Gasteiger partial charge is 0.399 e. The number of nitrogens with two attached hydrogens (primary N) is 1. The topological polar surface area (TPSA) is 60.2 Å². The molecule has 20 heavy (non-hydrogen) atoms. The molecule has 2 aromatic rings. The standard InChI is InChI=1S/C13H10Cl2FNO2S/c14-9-1-2-13(15)8(3-9)7-20(18,19)12-5-10(16)4-11(17)6-12/h1-6H,7,17H2. The molecule has 2 aromatic carbocycles. The van der Waals surface area contributed by atoms with Crippen LogP contribution in [0.1, 0.15) is 5.56 Å². The van der Waals surface area contributed by atoms with Crippen molar-refractivity contribution in [3.8, 4) is 0 Å². The number of rotatable bonds is 3.